The Morgan fingerprint density at radius 2 is 2.00 bits per heavy atom. The molecule has 1 saturated heterocycles. The number of nitrogens with zero attached hydrogens (tertiary/aromatic N) is 1. The van der Waals surface area contributed by atoms with Crippen molar-refractivity contribution in [3.63, 3.8) is 0 Å². The van der Waals surface area contributed by atoms with Gasteiger partial charge in [0.1, 0.15) is 6.29 Å². The summed E-state index contributed by atoms with van der Waals surface area (Å²) in [6.45, 7) is 6.80. The number of carbonyl (C=O) groups is 3. The zero-order valence-electron chi connectivity index (χ0n) is 14.2. The van der Waals surface area contributed by atoms with Gasteiger partial charge in [-0.15, -0.1) is 0 Å². The minimum Gasteiger partial charge on any atom is -0.298 e. The monoisotopic (exact) mass is 316 g/mol. The summed E-state index contributed by atoms with van der Waals surface area (Å²) >= 11 is 0. The Balaban J connectivity index is 2.30. The molecule has 0 aliphatic carbocycles. The molecule has 1 heterocycles. The highest BCUT2D eigenvalue weighted by Crippen LogP contribution is 2.29. The lowest BCUT2D eigenvalue weighted by atomic mass is 9.82. The number of likely N-dealkylation sites (N-methyl/N-ethyl adjacent to an activating group) is 1. The smallest absolute Gasteiger partial charge is 0.243 e. The van der Waals surface area contributed by atoms with Crippen molar-refractivity contribution in [2.75, 3.05) is 7.05 Å². The Bertz CT molecular complexity index is 632. The fraction of sp³-hybridized carbons (Fsp3) is 0.500. The summed E-state index contributed by atoms with van der Waals surface area (Å²) in [5.41, 5.74) is 2.60. The molecule has 2 rings (SSSR count). The van der Waals surface area contributed by atoms with E-state index >= 15 is 0 Å². The van der Waals surface area contributed by atoms with Crippen molar-refractivity contribution in [3.05, 3.63) is 34.9 Å². The number of piperidine rings is 1. The van der Waals surface area contributed by atoms with Crippen LogP contribution in [0.5, 0.6) is 0 Å². The normalized spacial score (nSPS) is 18.9. The van der Waals surface area contributed by atoms with E-state index in [-0.39, 0.29) is 23.3 Å². The minimum absolute atomic E-state index is 0.0972. The van der Waals surface area contributed by atoms with E-state index in [2.05, 4.69) is 26.1 Å². The highest BCUT2D eigenvalue weighted by atomic mass is 16.2. The molecule has 23 heavy (non-hydrogen) atoms. The molecule has 124 valence electrons. The lowest BCUT2D eigenvalue weighted by Crippen LogP contribution is -2.51. The summed E-state index contributed by atoms with van der Waals surface area (Å²) < 4.78 is 0. The molecule has 1 atom stereocenters. The minimum atomic E-state index is -0.347. The first-order valence-electron chi connectivity index (χ1n) is 7.85. The SMILES string of the molecule is CN(Cc1c(C=O)cccc1C(C)(C)C)C1CCC(=O)NC1=O. The maximum atomic E-state index is 12.0. The molecule has 1 aliphatic heterocycles. The number of hydrogen-bond acceptors (Lipinski definition) is 4. The Kier molecular flexibility index (Phi) is 5.00. The average Bonchev–Trinajstić information content (AvgIpc) is 2.46. The fourth-order valence-electron chi connectivity index (χ4n) is 3.06. The third-order valence-corrected chi connectivity index (χ3v) is 4.30. The van der Waals surface area contributed by atoms with Crippen molar-refractivity contribution in [2.45, 2.75) is 51.6 Å². The second-order valence-corrected chi connectivity index (χ2v) is 7.12. The summed E-state index contributed by atoms with van der Waals surface area (Å²) in [5, 5.41) is 2.38. The first-order chi connectivity index (χ1) is 10.7. The molecule has 1 aromatic rings. The van der Waals surface area contributed by atoms with Crippen LogP contribution in [0.2, 0.25) is 0 Å². The highest BCUT2D eigenvalue weighted by Gasteiger charge is 2.31. The molecule has 0 radical (unpaired) electrons. The van der Waals surface area contributed by atoms with E-state index in [9.17, 15) is 14.4 Å². The van der Waals surface area contributed by atoms with Crippen LogP contribution >= 0.6 is 0 Å². The Labute approximate surface area is 137 Å². The topological polar surface area (TPSA) is 66.5 Å². The Hall–Kier alpha value is -2.01. The standard InChI is InChI=1S/C18H24N2O3/c1-18(2,3)14-7-5-6-12(11-21)13(14)10-20(4)15-8-9-16(22)19-17(15)23/h5-7,11,15H,8-10H2,1-4H3,(H,19,22,23). The molecule has 1 unspecified atom stereocenters. The van der Waals surface area contributed by atoms with Crippen molar-refractivity contribution in [2.24, 2.45) is 0 Å². The summed E-state index contributed by atoms with van der Waals surface area (Å²) in [7, 11) is 1.86. The van der Waals surface area contributed by atoms with E-state index < -0.39 is 0 Å². The molecule has 0 spiro atoms. The molecule has 5 heteroatoms. The van der Waals surface area contributed by atoms with Crippen LogP contribution in [0.1, 0.15) is 55.1 Å². The van der Waals surface area contributed by atoms with Crippen molar-refractivity contribution < 1.29 is 14.4 Å². The lowest BCUT2D eigenvalue weighted by Gasteiger charge is -2.32. The molecule has 2 amide bonds. The van der Waals surface area contributed by atoms with Gasteiger partial charge in [-0.25, -0.2) is 0 Å². The zero-order valence-corrected chi connectivity index (χ0v) is 14.2. The highest BCUT2D eigenvalue weighted by molar-refractivity contribution is 6.00. The van der Waals surface area contributed by atoms with Crippen molar-refractivity contribution >= 4 is 18.1 Å². The van der Waals surface area contributed by atoms with Crippen LogP contribution in [0.3, 0.4) is 0 Å². The van der Waals surface area contributed by atoms with Gasteiger partial charge in [0, 0.05) is 18.5 Å². The van der Waals surface area contributed by atoms with Gasteiger partial charge in [-0.05, 0) is 30.0 Å². The van der Waals surface area contributed by atoms with Gasteiger partial charge in [0.25, 0.3) is 0 Å². The van der Waals surface area contributed by atoms with Crippen LogP contribution in [-0.4, -0.2) is 36.1 Å². The van der Waals surface area contributed by atoms with Crippen LogP contribution in [0.15, 0.2) is 18.2 Å². The number of carbonyl (C=O) groups excluding carboxylic acids is 3. The molecular formula is C18H24N2O3. The predicted octanol–water partition coefficient (Wildman–Crippen LogP) is 2.03. The van der Waals surface area contributed by atoms with Crippen LogP contribution in [-0.2, 0) is 21.5 Å². The van der Waals surface area contributed by atoms with E-state index in [4.69, 9.17) is 0 Å². The number of aldehydes is 1. The molecule has 1 aliphatic rings. The van der Waals surface area contributed by atoms with Crippen LogP contribution < -0.4 is 5.32 Å². The van der Waals surface area contributed by atoms with Gasteiger partial charge >= 0.3 is 0 Å². The molecule has 0 aromatic heterocycles. The zero-order chi connectivity index (χ0) is 17.2. The van der Waals surface area contributed by atoms with Gasteiger partial charge < -0.3 is 0 Å². The number of rotatable bonds is 4. The summed E-state index contributed by atoms with van der Waals surface area (Å²) in [6, 6.07) is 5.37. The molecule has 0 bridgehead atoms. The number of amides is 2. The maximum Gasteiger partial charge on any atom is 0.243 e. The van der Waals surface area contributed by atoms with Crippen molar-refractivity contribution in [3.8, 4) is 0 Å². The summed E-state index contributed by atoms with van der Waals surface area (Å²) in [4.78, 5) is 36.7. The van der Waals surface area contributed by atoms with E-state index in [0.29, 0.717) is 24.9 Å². The molecular weight excluding hydrogens is 292 g/mol. The van der Waals surface area contributed by atoms with Crippen molar-refractivity contribution in [1.82, 2.24) is 10.2 Å². The first-order valence-corrected chi connectivity index (χ1v) is 7.85. The van der Waals surface area contributed by atoms with Gasteiger partial charge in [0.05, 0.1) is 6.04 Å². The Morgan fingerprint density at radius 3 is 2.57 bits per heavy atom. The van der Waals surface area contributed by atoms with E-state index in [1.165, 1.54) is 0 Å². The molecule has 1 fully saturated rings. The van der Waals surface area contributed by atoms with Gasteiger partial charge in [0.15, 0.2) is 0 Å². The number of benzene rings is 1. The Morgan fingerprint density at radius 1 is 1.30 bits per heavy atom. The van der Waals surface area contributed by atoms with Crippen molar-refractivity contribution in [1.29, 1.82) is 0 Å². The van der Waals surface area contributed by atoms with Crippen LogP contribution in [0.25, 0.3) is 0 Å². The van der Waals surface area contributed by atoms with Gasteiger partial charge in [-0.2, -0.15) is 0 Å². The lowest BCUT2D eigenvalue weighted by molar-refractivity contribution is -0.137. The summed E-state index contributed by atoms with van der Waals surface area (Å²) in [5.74, 6) is -0.479. The largest absolute Gasteiger partial charge is 0.298 e. The number of hydrogen-bond donors (Lipinski definition) is 1. The van der Waals surface area contributed by atoms with Crippen LogP contribution in [0.4, 0.5) is 0 Å². The fourth-order valence-corrected chi connectivity index (χ4v) is 3.06. The van der Waals surface area contributed by atoms with E-state index in [0.717, 1.165) is 17.4 Å². The predicted molar refractivity (Wildman–Crippen MR) is 88.2 cm³/mol. The van der Waals surface area contributed by atoms with Crippen LogP contribution in [0, 0.1) is 0 Å². The second-order valence-electron chi connectivity index (χ2n) is 7.12. The quantitative estimate of drug-likeness (QED) is 0.682. The maximum absolute atomic E-state index is 12.0. The summed E-state index contributed by atoms with van der Waals surface area (Å²) in [6.07, 6.45) is 1.72. The number of nitrogens with one attached hydrogen (secondary N) is 1. The third-order valence-electron chi connectivity index (χ3n) is 4.30. The molecule has 5 nitrogen and oxygen atoms in total. The second kappa shape index (κ2) is 6.62. The molecule has 0 saturated carbocycles. The van der Waals surface area contributed by atoms with Gasteiger partial charge in [0.2, 0.25) is 11.8 Å². The average molecular weight is 316 g/mol. The van der Waals surface area contributed by atoms with Gasteiger partial charge in [-0.3, -0.25) is 24.6 Å². The third kappa shape index (κ3) is 3.85. The molecule has 1 N–H and O–H groups in total. The van der Waals surface area contributed by atoms with Gasteiger partial charge in [-0.1, -0.05) is 39.0 Å². The molecule has 1 aromatic carbocycles. The van der Waals surface area contributed by atoms with E-state index in [1.54, 1.807) is 6.07 Å². The first kappa shape index (κ1) is 17.3. The van der Waals surface area contributed by atoms with E-state index in [1.807, 2.05) is 24.1 Å². The number of imide groups is 1.